The molecule has 2 fully saturated rings. The molecule has 186 valence electrons. The number of alkyl halides is 1. The van der Waals surface area contributed by atoms with Crippen LogP contribution in [0.3, 0.4) is 0 Å². The molecule has 0 spiro atoms. The van der Waals surface area contributed by atoms with Crippen LogP contribution in [0, 0.1) is 11.6 Å². The van der Waals surface area contributed by atoms with Crippen molar-refractivity contribution in [2.24, 2.45) is 0 Å². The minimum atomic E-state index is -3.42. The number of benzene rings is 1. The van der Waals surface area contributed by atoms with E-state index >= 15 is 0 Å². The number of nitrogens with zero attached hydrogens (tertiary/aromatic N) is 4. The third kappa shape index (κ3) is 4.92. The predicted molar refractivity (Wildman–Crippen MR) is 121 cm³/mol. The van der Waals surface area contributed by atoms with Gasteiger partial charge in [0, 0.05) is 38.7 Å². The van der Waals surface area contributed by atoms with Crippen molar-refractivity contribution in [1.82, 2.24) is 14.1 Å². The SMILES string of the molecule is CC(C)S(=O)(=O)N1CCN(c2cnn(-c3cc(F)cc(F)c3)c(=O)c2OC2CCC(F)C2)CC1. The number of sulfonamides is 1. The first-order chi connectivity index (χ1) is 16.1. The standard InChI is InChI=1S/C22H27F3N4O4S/c1-14(2)34(31,32)28-7-5-27(6-8-28)20-13-26-29(18-10-16(24)9-17(25)11-18)22(30)21(20)33-19-4-3-15(23)12-19/h9-11,13-15,19H,3-8,12H2,1-2H3. The van der Waals surface area contributed by atoms with E-state index in [-0.39, 0.29) is 30.9 Å². The van der Waals surface area contributed by atoms with Gasteiger partial charge in [0.2, 0.25) is 15.8 Å². The summed E-state index contributed by atoms with van der Waals surface area (Å²) in [5.74, 6) is -1.83. The molecule has 2 atom stereocenters. The highest BCUT2D eigenvalue weighted by Crippen LogP contribution is 2.31. The second kappa shape index (κ2) is 9.57. The highest BCUT2D eigenvalue weighted by Gasteiger charge is 2.33. The molecule has 1 saturated carbocycles. The number of halogens is 3. The van der Waals surface area contributed by atoms with Gasteiger partial charge in [-0.25, -0.2) is 21.6 Å². The molecule has 1 aromatic carbocycles. The summed E-state index contributed by atoms with van der Waals surface area (Å²) < 4.78 is 74.4. The molecule has 1 saturated heterocycles. The Labute approximate surface area is 196 Å². The molecule has 0 amide bonds. The van der Waals surface area contributed by atoms with E-state index in [0.29, 0.717) is 37.7 Å². The van der Waals surface area contributed by atoms with Crippen LogP contribution in [-0.2, 0) is 10.0 Å². The van der Waals surface area contributed by atoms with E-state index in [1.165, 1.54) is 10.5 Å². The fraction of sp³-hybridized carbons (Fsp3) is 0.545. The number of piperazine rings is 1. The van der Waals surface area contributed by atoms with Crippen molar-refractivity contribution in [2.45, 2.75) is 50.6 Å². The van der Waals surface area contributed by atoms with Gasteiger partial charge in [-0.05, 0) is 38.8 Å². The van der Waals surface area contributed by atoms with Gasteiger partial charge >= 0.3 is 5.56 Å². The highest BCUT2D eigenvalue weighted by atomic mass is 32.2. The van der Waals surface area contributed by atoms with Crippen LogP contribution in [0.2, 0.25) is 0 Å². The van der Waals surface area contributed by atoms with Crippen molar-refractivity contribution in [3.05, 3.63) is 46.4 Å². The van der Waals surface area contributed by atoms with Crippen molar-refractivity contribution in [1.29, 1.82) is 0 Å². The fourth-order valence-electron chi connectivity index (χ4n) is 4.25. The molecule has 0 bridgehead atoms. The van der Waals surface area contributed by atoms with Crippen molar-refractivity contribution in [3.63, 3.8) is 0 Å². The topological polar surface area (TPSA) is 84.7 Å². The van der Waals surface area contributed by atoms with Crippen molar-refractivity contribution in [3.8, 4) is 11.4 Å². The van der Waals surface area contributed by atoms with Crippen LogP contribution in [-0.4, -0.2) is 66.2 Å². The van der Waals surface area contributed by atoms with Gasteiger partial charge in [0.15, 0.2) is 0 Å². The van der Waals surface area contributed by atoms with Crippen LogP contribution in [0.15, 0.2) is 29.2 Å². The minimum Gasteiger partial charge on any atom is -0.483 e. The predicted octanol–water partition coefficient (Wildman–Crippen LogP) is 2.64. The summed E-state index contributed by atoms with van der Waals surface area (Å²) in [5.41, 5.74) is -0.509. The van der Waals surface area contributed by atoms with Crippen LogP contribution in [0.4, 0.5) is 18.9 Å². The van der Waals surface area contributed by atoms with E-state index in [1.807, 2.05) is 0 Å². The van der Waals surface area contributed by atoms with Gasteiger partial charge in [0.05, 0.1) is 17.1 Å². The quantitative estimate of drug-likeness (QED) is 0.607. The largest absolute Gasteiger partial charge is 0.483 e. The van der Waals surface area contributed by atoms with E-state index in [0.717, 1.165) is 16.8 Å². The molecular weight excluding hydrogens is 473 g/mol. The third-order valence-corrected chi connectivity index (χ3v) is 8.42. The van der Waals surface area contributed by atoms with Crippen molar-refractivity contribution >= 4 is 15.7 Å². The lowest BCUT2D eigenvalue weighted by atomic mass is 10.2. The summed E-state index contributed by atoms with van der Waals surface area (Å²) in [5, 5.41) is 3.55. The zero-order valence-electron chi connectivity index (χ0n) is 19.0. The Balaban J connectivity index is 1.68. The molecule has 1 aliphatic carbocycles. The molecule has 12 heteroatoms. The maximum Gasteiger partial charge on any atom is 0.316 e. The van der Waals surface area contributed by atoms with Crippen molar-refractivity contribution < 1.29 is 26.3 Å². The summed E-state index contributed by atoms with van der Waals surface area (Å²) in [7, 11) is -3.42. The van der Waals surface area contributed by atoms with Gasteiger partial charge < -0.3 is 9.64 Å². The molecule has 1 aliphatic heterocycles. The molecule has 8 nitrogen and oxygen atoms in total. The lowest BCUT2D eigenvalue weighted by Crippen LogP contribution is -2.50. The van der Waals surface area contributed by atoms with E-state index < -0.39 is 44.7 Å². The molecule has 34 heavy (non-hydrogen) atoms. The number of rotatable bonds is 6. The minimum absolute atomic E-state index is 0.0982. The van der Waals surface area contributed by atoms with E-state index in [9.17, 15) is 26.4 Å². The van der Waals surface area contributed by atoms with E-state index in [2.05, 4.69) is 5.10 Å². The first-order valence-corrected chi connectivity index (χ1v) is 12.7. The second-order valence-corrected chi connectivity index (χ2v) is 11.3. The van der Waals surface area contributed by atoms with Gasteiger partial charge in [0.1, 0.15) is 29.6 Å². The maximum absolute atomic E-state index is 13.8. The second-order valence-electron chi connectivity index (χ2n) is 8.83. The average Bonchev–Trinajstić information content (AvgIpc) is 3.19. The Morgan fingerprint density at radius 2 is 1.71 bits per heavy atom. The van der Waals surface area contributed by atoms with Crippen LogP contribution >= 0.6 is 0 Å². The Morgan fingerprint density at radius 3 is 2.26 bits per heavy atom. The number of ether oxygens (including phenoxy) is 1. The van der Waals surface area contributed by atoms with Gasteiger partial charge in [-0.2, -0.15) is 14.1 Å². The normalized spacial score (nSPS) is 21.9. The summed E-state index contributed by atoms with van der Waals surface area (Å²) in [6.07, 6.45) is 0.686. The highest BCUT2D eigenvalue weighted by molar-refractivity contribution is 7.89. The Morgan fingerprint density at radius 1 is 1.06 bits per heavy atom. The Hall–Kier alpha value is -2.60. The number of anilines is 1. The smallest absolute Gasteiger partial charge is 0.316 e. The summed E-state index contributed by atoms with van der Waals surface area (Å²) in [4.78, 5) is 15.1. The first-order valence-electron chi connectivity index (χ1n) is 11.2. The molecule has 0 N–H and O–H groups in total. The van der Waals surface area contributed by atoms with Gasteiger partial charge in [-0.1, -0.05) is 0 Å². The number of aromatic nitrogens is 2. The van der Waals surface area contributed by atoms with Gasteiger partial charge in [0.25, 0.3) is 0 Å². The van der Waals surface area contributed by atoms with E-state index in [4.69, 9.17) is 4.74 Å². The first kappa shape index (κ1) is 24.5. The zero-order chi connectivity index (χ0) is 24.6. The van der Waals surface area contributed by atoms with Crippen LogP contribution < -0.4 is 15.2 Å². The lowest BCUT2D eigenvalue weighted by Gasteiger charge is -2.36. The Kier molecular flexibility index (Phi) is 6.90. The molecule has 2 unspecified atom stereocenters. The van der Waals surface area contributed by atoms with Crippen LogP contribution in [0.1, 0.15) is 33.1 Å². The third-order valence-electron chi connectivity index (χ3n) is 6.15. The Bertz CT molecular complexity index is 1190. The lowest BCUT2D eigenvalue weighted by molar-refractivity contribution is 0.193. The van der Waals surface area contributed by atoms with Crippen LogP contribution in [0.25, 0.3) is 5.69 Å². The summed E-state index contributed by atoms with van der Waals surface area (Å²) in [6, 6.07) is 2.64. The van der Waals surface area contributed by atoms with Gasteiger partial charge in [-0.15, -0.1) is 0 Å². The monoisotopic (exact) mass is 500 g/mol. The molecular formula is C22H27F3N4O4S. The molecule has 4 rings (SSSR count). The maximum atomic E-state index is 13.8. The number of hydrogen-bond donors (Lipinski definition) is 0. The summed E-state index contributed by atoms with van der Waals surface area (Å²) in [6.45, 7) is 4.25. The zero-order valence-corrected chi connectivity index (χ0v) is 19.8. The van der Waals surface area contributed by atoms with E-state index in [1.54, 1.807) is 18.7 Å². The molecule has 1 aromatic heterocycles. The molecule has 2 aliphatic rings. The van der Waals surface area contributed by atoms with Crippen LogP contribution in [0.5, 0.6) is 5.75 Å². The van der Waals surface area contributed by atoms with Crippen molar-refractivity contribution in [2.75, 3.05) is 31.1 Å². The molecule has 0 radical (unpaired) electrons. The number of hydrogen-bond acceptors (Lipinski definition) is 6. The summed E-state index contributed by atoms with van der Waals surface area (Å²) >= 11 is 0. The molecule has 2 aromatic rings. The average molecular weight is 501 g/mol. The molecule has 2 heterocycles. The van der Waals surface area contributed by atoms with Gasteiger partial charge in [-0.3, -0.25) is 4.79 Å². The fourth-order valence-corrected chi connectivity index (χ4v) is 5.52.